The maximum Gasteiger partial charge on any atom is 0.339 e. The summed E-state index contributed by atoms with van der Waals surface area (Å²) in [6.07, 6.45) is 0.531. The van der Waals surface area contributed by atoms with E-state index >= 15 is 0 Å². The van der Waals surface area contributed by atoms with Gasteiger partial charge >= 0.3 is 11.9 Å². The van der Waals surface area contributed by atoms with Crippen molar-refractivity contribution in [2.45, 2.75) is 18.2 Å². The van der Waals surface area contributed by atoms with Crippen LogP contribution >= 0.6 is 0 Å². The van der Waals surface area contributed by atoms with Gasteiger partial charge in [-0.25, -0.2) is 18.0 Å². The summed E-state index contributed by atoms with van der Waals surface area (Å²) < 4.78 is 37.6. The Labute approximate surface area is 173 Å². The number of esters is 2. The van der Waals surface area contributed by atoms with Crippen molar-refractivity contribution in [3.8, 4) is 0 Å². The zero-order valence-corrected chi connectivity index (χ0v) is 17.4. The van der Waals surface area contributed by atoms with E-state index in [1.807, 2.05) is 0 Å². The van der Waals surface area contributed by atoms with Gasteiger partial charge in [0, 0.05) is 19.2 Å². The van der Waals surface area contributed by atoms with Gasteiger partial charge in [-0.2, -0.15) is 0 Å². The van der Waals surface area contributed by atoms with Crippen molar-refractivity contribution < 1.29 is 32.3 Å². The number of amides is 1. The summed E-state index contributed by atoms with van der Waals surface area (Å²) in [5.74, 6) is -1.58. The van der Waals surface area contributed by atoms with E-state index in [0.29, 0.717) is 18.7 Å². The third kappa shape index (κ3) is 3.99. The van der Waals surface area contributed by atoms with Crippen LogP contribution in [0.4, 0.5) is 11.4 Å². The zero-order chi connectivity index (χ0) is 22.1. The fourth-order valence-corrected chi connectivity index (χ4v) is 4.36. The number of carbonyl (C=O) groups excluding carboxylic acids is 3. The van der Waals surface area contributed by atoms with Crippen molar-refractivity contribution in [1.29, 1.82) is 0 Å². The number of nitrogens with zero attached hydrogens (tertiary/aromatic N) is 1. The molecule has 0 spiro atoms. The predicted octanol–water partition coefficient (Wildman–Crippen LogP) is 1.97. The molecule has 2 aromatic rings. The van der Waals surface area contributed by atoms with Crippen LogP contribution < -0.4 is 9.62 Å². The Morgan fingerprint density at radius 3 is 2.33 bits per heavy atom. The molecular weight excluding hydrogens is 412 g/mol. The Kier molecular flexibility index (Phi) is 5.79. The first-order chi connectivity index (χ1) is 14.2. The quantitative estimate of drug-likeness (QED) is 0.718. The second-order valence-corrected chi connectivity index (χ2v) is 8.24. The highest BCUT2D eigenvalue weighted by atomic mass is 32.2. The van der Waals surface area contributed by atoms with E-state index in [1.54, 1.807) is 11.0 Å². The SMILES string of the molecule is COC(=O)c1ccc(C(=O)OC)c(NS(=O)(=O)c2ccc3c(c2)CCN3C(C)=O)c1. The Bertz CT molecular complexity index is 1140. The Morgan fingerprint density at radius 1 is 1.00 bits per heavy atom. The number of fused-ring (bicyclic) bond motifs is 1. The van der Waals surface area contributed by atoms with Crippen molar-refractivity contribution in [3.63, 3.8) is 0 Å². The molecule has 0 unspecified atom stereocenters. The first kappa shape index (κ1) is 21.3. The second-order valence-electron chi connectivity index (χ2n) is 6.56. The molecule has 0 bridgehead atoms. The number of nitrogens with one attached hydrogen (secondary N) is 1. The van der Waals surface area contributed by atoms with E-state index in [1.165, 1.54) is 44.4 Å². The van der Waals surface area contributed by atoms with Crippen molar-refractivity contribution in [3.05, 3.63) is 53.1 Å². The van der Waals surface area contributed by atoms with E-state index < -0.39 is 22.0 Å². The average Bonchev–Trinajstić information content (AvgIpc) is 3.16. The molecule has 1 N–H and O–H groups in total. The van der Waals surface area contributed by atoms with Gasteiger partial charge in [-0.05, 0) is 48.4 Å². The normalized spacial score (nSPS) is 12.8. The Balaban J connectivity index is 2.00. The molecule has 0 aliphatic carbocycles. The summed E-state index contributed by atoms with van der Waals surface area (Å²) in [7, 11) is -1.75. The second kappa shape index (κ2) is 8.15. The van der Waals surface area contributed by atoms with Crippen LogP contribution in [0.1, 0.15) is 33.2 Å². The maximum atomic E-state index is 13.0. The lowest BCUT2D eigenvalue weighted by Gasteiger charge is -2.16. The fraction of sp³-hybridized carbons (Fsp3) is 0.250. The van der Waals surface area contributed by atoms with Gasteiger partial charge in [0.2, 0.25) is 5.91 Å². The molecule has 9 nitrogen and oxygen atoms in total. The number of ether oxygens (including phenoxy) is 2. The van der Waals surface area contributed by atoms with E-state index in [0.717, 1.165) is 12.7 Å². The molecule has 0 fully saturated rings. The van der Waals surface area contributed by atoms with Crippen LogP contribution in [0, 0.1) is 0 Å². The smallest absolute Gasteiger partial charge is 0.339 e. The molecular formula is C20H20N2O7S. The Morgan fingerprint density at radius 2 is 1.70 bits per heavy atom. The number of sulfonamides is 1. The number of rotatable bonds is 5. The van der Waals surface area contributed by atoms with Crippen LogP contribution in [-0.2, 0) is 30.7 Å². The van der Waals surface area contributed by atoms with Crippen LogP contribution in [0.3, 0.4) is 0 Å². The summed E-state index contributed by atoms with van der Waals surface area (Å²) in [4.78, 5) is 37.1. The summed E-state index contributed by atoms with van der Waals surface area (Å²) in [5.41, 5.74) is 1.29. The van der Waals surface area contributed by atoms with Gasteiger partial charge in [-0.1, -0.05) is 0 Å². The minimum Gasteiger partial charge on any atom is -0.465 e. The van der Waals surface area contributed by atoms with E-state index in [-0.39, 0.29) is 27.6 Å². The van der Waals surface area contributed by atoms with Gasteiger partial charge < -0.3 is 14.4 Å². The van der Waals surface area contributed by atoms with Gasteiger partial charge in [0.15, 0.2) is 0 Å². The molecule has 158 valence electrons. The summed E-state index contributed by atoms with van der Waals surface area (Å²) in [6, 6.07) is 8.27. The lowest BCUT2D eigenvalue weighted by Crippen LogP contribution is -2.25. The molecule has 1 amide bonds. The number of hydrogen-bond acceptors (Lipinski definition) is 7. The molecule has 0 atom stereocenters. The third-order valence-electron chi connectivity index (χ3n) is 4.73. The van der Waals surface area contributed by atoms with E-state index in [4.69, 9.17) is 4.74 Å². The average molecular weight is 432 g/mol. The van der Waals surface area contributed by atoms with Gasteiger partial charge in [0.1, 0.15) is 0 Å². The number of anilines is 2. The number of methoxy groups -OCH3 is 2. The van der Waals surface area contributed by atoms with E-state index in [9.17, 15) is 22.8 Å². The molecule has 1 aliphatic heterocycles. The van der Waals surface area contributed by atoms with Gasteiger partial charge in [-0.15, -0.1) is 0 Å². The molecule has 1 heterocycles. The number of carbonyl (C=O) groups is 3. The zero-order valence-electron chi connectivity index (χ0n) is 16.6. The monoisotopic (exact) mass is 432 g/mol. The van der Waals surface area contributed by atoms with E-state index in [2.05, 4.69) is 9.46 Å². The standard InChI is InChI=1S/C20H20N2O7S/c1-12(23)22-9-8-13-10-15(5-7-18(13)22)30(26,27)21-17-11-14(19(24)28-2)4-6-16(17)20(25)29-3/h4-7,10-11,21H,8-9H2,1-3H3. The first-order valence-electron chi connectivity index (χ1n) is 8.92. The minimum atomic E-state index is -4.10. The topological polar surface area (TPSA) is 119 Å². The molecule has 30 heavy (non-hydrogen) atoms. The van der Waals surface area contributed by atoms with Crippen LogP contribution in [-0.4, -0.2) is 47.0 Å². The van der Waals surface area contributed by atoms with Crippen LogP contribution in [0.5, 0.6) is 0 Å². The molecule has 0 saturated heterocycles. The third-order valence-corrected chi connectivity index (χ3v) is 6.09. The van der Waals surface area contributed by atoms with Crippen molar-refractivity contribution in [2.75, 3.05) is 30.4 Å². The molecule has 2 aromatic carbocycles. The summed E-state index contributed by atoms with van der Waals surface area (Å²) >= 11 is 0. The maximum absolute atomic E-state index is 13.0. The summed E-state index contributed by atoms with van der Waals surface area (Å²) in [6.45, 7) is 1.93. The largest absolute Gasteiger partial charge is 0.465 e. The van der Waals surface area contributed by atoms with Crippen LogP contribution in [0.15, 0.2) is 41.3 Å². The van der Waals surface area contributed by atoms with Gasteiger partial charge in [-0.3, -0.25) is 9.52 Å². The van der Waals surface area contributed by atoms with Crippen LogP contribution in [0.2, 0.25) is 0 Å². The highest BCUT2D eigenvalue weighted by Crippen LogP contribution is 2.31. The van der Waals surface area contributed by atoms with Gasteiger partial charge in [0.05, 0.1) is 35.9 Å². The molecule has 0 aromatic heterocycles. The summed E-state index contributed by atoms with van der Waals surface area (Å²) in [5, 5.41) is 0. The fourth-order valence-electron chi connectivity index (χ4n) is 3.24. The lowest BCUT2D eigenvalue weighted by molar-refractivity contribution is -0.116. The predicted molar refractivity (Wildman–Crippen MR) is 108 cm³/mol. The van der Waals surface area contributed by atoms with Crippen molar-refractivity contribution in [2.24, 2.45) is 0 Å². The Hall–Kier alpha value is -3.40. The first-order valence-corrected chi connectivity index (χ1v) is 10.4. The van der Waals surface area contributed by atoms with Crippen LogP contribution in [0.25, 0.3) is 0 Å². The molecule has 0 saturated carbocycles. The molecule has 0 radical (unpaired) electrons. The minimum absolute atomic E-state index is 0.0362. The number of hydrogen-bond donors (Lipinski definition) is 1. The molecule has 1 aliphatic rings. The molecule has 10 heteroatoms. The number of benzene rings is 2. The molecule has 3 rings (SSSR count). The highest BCUT2D eigenvalue weighted by Gasteiger charge is 2.26. The van der Waals surface area contributed by atoms with Crippen molar-refractivity contribution in [1.82, 2.24) is 0 Å². The lowest BCUT2D eigenvalue weighted by atomic mass is 10.1. The van der Waals surface area contributed by atoms with Gasteiger partial charge in [0.25, 0.3) is 10.0 Å². The van der Waals surface area contributed by atoms with Crippen molar-refractivity contribution >= 4 is 39.2 Å². The highest BCUT2D eigenvalue weighted by molar-refractivity contribution is 7.92.